The highest BCUT2D eigenvalue weighted by Crippen LogP contribution is 2.12. The molecule has 0 aromatic heterocycles. The summed E-state index contributed by atoms with van der Waals surface area (Å²) in [4.78, 5) is 0. The summed E-state index contributed by atoms with van der Waals surface area (Å²) in [6.45, 7) is 0. The lowest BCUT2D eigenvalue weighted by molar-refractivity contribution is 1.58. The van der Waals surface area contributed by atoms with E-state index in [0.29, 0.717) is 5.11 Å². The Bertz CT molecular complexity index is 497. The van der Waals surface area contributed by atoms with E-state index >= 15 is 0 Å². The topological polar surface area (TPSA) is 24.1 Å². The van der Waals surface area contributed by atoms with Gasteiger partial charge in [-0.2, -0.15) is 0 Å². The molecule has 86 valence electrons. The molecular formula is C13H11IN2S. The number of para-hydroxylation sites is 1. The van der Waals surface area contributed by atoms with Gasteiger partial charge in [-0.05, 0) is 71.2 Å². The van der Waals surface area contributed by atoms with Crippen molar-refractivity contribution in [2.45, 2.75) is 0 Å². The molecule has 0 heterocycles. The van der Waals surface area contributed by atoms with Gasteiger partial charge in [-0.1, -0.05) is 18.2 Å². The van der Waals surface area contributed by atoms with Crippen LogP contribution in [0.15, 0.2) is 54.6 Å². The highest BCUT2D eigenvalue weighted by Gasteiger charge is 1.97. The summed E-state index contributed by atoms with van der Waals surface area (Å²) in [5, 5.41) is 6.85. The third-order valence-electron chi connectivity index (χ3n) is 2.13. The molecule has 2 N–H and O–H groups in total. The minimum absolute atomic E-state index is 0.595. The van der Waals surface area contributed by atoms with Crippen molar-refractivity contribution < 1.29 is 0 Å². The second kappa shape index (κ2) is 5.97. The van der Waals surface area contributed by atoms with Crippen LogP contribution in [0, 0.1) is 3.57 Å². The third kappa shape index (κ3) is 3.98. The van der Waals surface area contributed by atoms with Crippen LogP contribution in [0.1, 0.15) is 0 Å². The van der Waals surface area contributed by atoms with Crippen LogP contribution in [0.4, 0.5) is 11.4 Å². The first-order chi connectivity index (χ1) is 8.24. The average molecular weight is 354 g/mol. The molecule has 0 atom stereocenters. The van der Waals surface area contributed by atoms with E-state index in [2.05, 4.69) is 33.2 Å². The van der Waals surface area contributed by atoms with Crippen LogP contribution in [0.5, 0.6) is 0 Å². The molecule has 0 unspecified atom stereocenters. The standard InChI is InChI=1S/C13H11IN2S/c14-10-6-8-12(9-7-10)16-13(17)15-11-4-2-1-3-5-11/h1-9H,(H2,15,16,17). The van der Waals surface area contributed by atoms with Crippen molar-refractivity contribution in [3.05, 3.63) is 58.2 Å². The van der Waals surface area contributed by atoms with Crippen LogP contribution in [0.3, 0.4) is 0 Å². The summed E-state index contributed by atoms with van der Waals surface area (Å²) < 4.78 is 1.20. The summed E-state index contributed by atoms with van der Waals surface area (Å²) in [7, 11) is 0. The highest BCUT2D eigenvalue weighted by molar-refractivity contribution is 14.1. The Labute approximate surface area is 120 Å². The normalized spacial score (nSPS) is 9.71. The SMILES string of the molecule is S=C(Nc1ccccc1)Nc1ccc(I)cc1. The van der Waals surface area contributed by atoms with E-state index in [4.69, 9.17) is 12.2 Å². The molecular weight excluding hydrogens is 343 g/mol. The zero-order chi connectivity index (χ0) is 12.1. The molecule has 0 bridgehead atoms. The third-order valence-corrected chi connectivity index (χ3v) is 3.06. The van der Waals surface area contributed by atoms with Crippen LogP contribution in [-0.4, -0.2) is 5.11 Å². The molecule has 0 fully saturated rings. The fourth-order valence-corrected chi connectivity index (χ4v) is 1.94. The van der Waals surface area contributed by atoms with Gasteiger partial charge >= 0.3 is 0 Å². The van der Waals surface area contributed by atoms with Gasteiger partial charge in [-0.25, -0.2) is 0 Å². The molecule has 17 heavy (non-hydrogen) atoms. The van der Waals surface area contributed by atoms with Gasteiger partial charge in [-0.3, -0.25) is 0 Å². The van der Waals surface area contributed by atoms with Crippen LogP contribution in [-0.2, 0) is 0 Å². The Morgan fingerprint density at radius 1 is 0.824 bits per heavy atom. The lowest BCUT2D eigenvalue weighted by atomic mass is 10.3. The van der Waals surface area contributed by atoms with E-state index in [1.165, 1.54) is 3.57 Å². The molecule has 0 spiro atoms. The number of hydrogen-bond donors (Lipinski definition) is 2. The number of rotatable bonds is 2. The summed E-state index contributed by atoms with van der Waals surface area (Å²) in [6, 6.07) is 17.9. The quantitative estimate of drug-likeness (QED) is 0.627. The van der Waals surface area contributed by atoms with Gasteiger partial charge in [0.25, 0.3) is 0 Å². The lowest BCUT2D eigenvalue weighted by Crippen LogP contribution is -2.18. The van der Waals surface area contributed by atoms with Crippen molar-refractivity contribution in [1.29, 1.82) is 0 Å². The van der Waals surface area contributed by atoms with E-state index in [0.717, 1.165) is 11.4 Å². The number of nitrogens with one attached hydrogen (secondary N) is 2. The molecule has 2 nitrogen and oxygen atoms in total. The fourth-order valence-electron chi connectivity index (χ4n) is 1.35. The fraction of sp³-hybridized carbons (Fsp3) is 0. The smallest absolute Gasteiger partial charge is 0.175 e. The molecule has 2 aromatic rings. The second-order valence-corrected chi connectivity index (χ2v) is 5.11. The first-order valence-electron chi connectivity index (χ1n) is 5.13. The molecule has 0 saturated carbocycles. The highest BCUT2D eigenvalue weighted by atomic mass is 127. The maximum Gasteiger partial charge on any atom is 0.175 e. The second-order valence-electron chi connectivity index (χ2n) is 3.45. The van der Waals surface area contributed by atoms with E-state index in [-0.39, 0.29) is 0 Å². The minimum atomic E-state index is 0.595. The van der Waals surface area contributed by atoms with Gasteiger partial charge in [0.05, 0.1) is 0 Å². The van der Waals surface area contributed by atoms with Crippen LogP contribution >= 0.6 is 34.8 Å². The van der Waals surface area contributed by atoms with Gasteiger partial charge in [-0.15, -0.1) is 0 Å². The van der Waals surface area contributed by atoms with Gasteiger partial charge in [0, 0.05) is 14.9 Å². The monoisotopic (exact) mass is 354 g/mol. The van der Waals surface area contributed by atoms with Crippen LogP contribution in [0.25, 0.3) is 0 Å². The van der Waals surface area contributed by atoms with E-state index in [1.54, 1.807) is 0 Å². The zero-order valence-corrected chi connectivity index (χ0v) is 12.0. The van der Waals surface area contributed by atoms with Crippen LogP contribution < -0.4 is 10.6 Å². The Hall–Kier alpha value is -1.14. The summed E-state index contributed by atoms with van der Waals surface area (Å²) in [6.07, 6.45) is 0. The molecule has 0 saturated heterocycles. The Morgan fingerprint density at radius 2 is 1.35 bits per heavy atom. The first-order valence-corrected chi connectivity index (χ1v) is 6.61. The maximum atomic E-state index is 5.23. The molecule has 2 rings (SSSR count). The van der Waals surface area contributed by atoms with Gasteiger partial charge in [0.2, 0.25) is 0 Å². The molecule has 4 heteroatoms. The Morgan fingerprint density at radius 3 is 1.94 bits per heavy atom. The number of benzene rings is 2. The average Bonchev–Trinajstić information content (AvgIpc) is 2.33. The molecule has 0 radical (unpaired) electrons. The van der Waals surface area contributed by atoms with Crippen molar-refractivity contribution in [2.24, 2.45) is 0 Å². The Kier molecular flexibility index (Phi) is 4.33. The predicted octanol–water partition coefficient (Wildman–Crippen LogP) is 4.10. The molecule has 0 amide bonds. The largest absolute Gasteiger partial charge is 0.332 e. The first kappa shape index (κ1) is 12.3. The number of thiocarbonyl (C=S) groups is 1. The predicted molar refractivity (Wildman–Crippen MR) is 85.4 cm³/mol. The van der Waals surface area contributed by atoms with Crippen molar-refractivity contribution in [2.75, 3.05) is 10.6 Å². The lowest BCUT2D eigenvalue weighted by Gasteiger charge is -2.10. The van der Waals surface area contributed by atoms with Crippen molar-refractivity contribution in [3.63, 3.8) is 0 Å². The summed E-state index contributed by atoms with van der Waals surface area (Å²) in [5.74, 6) is 0. The van der Waals surface area contributed by atoms with Crippen molar-refractivity contribution in [3.8, 4) is 0 Å². The van der Waals surface area contributed by atoms with E-state index in [9.17, 15) is 0 Å². The van der Waals surface area contributed by atoms with Gasteiger partial charge in [0.1, 0.15) is 0 Å². The number of hydrogen-bond acceptors (Lipinski definition) is 1. The van der Waals surface area contributed by atoms with Crippen molar-refractivity contribution >= 4 is 51.3 Å². The number of anilines is 2. The summed E-state index contributed by atoms with van der Waals surface area (Å²) in [5.41, 5.74) is 1.97. The molecule has 0 aliphatic rings. The Balaban J connectivity index is 1.96. The number of halogens is 1. The van der Waals surface area contributed by atoms with E-state index in [1.807, 2.05) is 54.6 Å². The zero-order valence-electron chi connectivity index (χ0n) is 8.98. The van der Waals surface area contributed by atoms with E-state index < -0.39 is 0 Å². The molecule has 2 aromatic carbocycles. The molecule has 0 aliphatic heterocycles. The maximum absolute atomic E-state index is 5.23. The summed E-state index contributed by atoms with van der Waals surface area (Å²) >= 11 is 7.50. The van der Waals surface area contributed by atoms with Crippen LogP contribution in [0.2, 0.25) is 0 Å². The minimum Gasteiger partial charge on any atom is -0.332 e. The van der Waals surface area contributed by atoms with Crippen molar-refractivity contribution in [1.82, 2.24) is 0 Å². The van der Waals surface area contributed by atoms with Gasteiger partial charge < -0.3 is 10.6 Å². The van der Waals surface area contributed by atoms with Gasteiger partial charge in [0.15, 0.2) is 5.11 Å². The molecule has 0 aliphatic carbocycles.